The first kappa shape index (κ1) is 18.1. The molecule has 6 heteroatoms. The maximum atomic E-state index is 10.1. The fourth-order valence-corrected chi connectivity index (χ4v) is 1.70. The normalized spacial score (nSPS) is 14.7. The number of benzene rings is 1. The minimum absolute atomic E-state index is 0. The molecule has 0 saturated carbocycles. The SMILES string of the molecule is CN(C)CC(C)(O)CN=C(N)Nc1ccccc1.I. The number of aliphatic hydroxyl groups is 1. The third-order valence-corrected chi connectivity index (χ3v) is 2.29. The van der Waals surface area contributed by atoms with Crippen molar-refractivity contribution >= 4 is 35.6 Å². The average molecular weight is 378 g/mol. The van der Waals surface area contributed by atoms with Crippen LogP contribution in [0.1, 0.15) is 6.92 Å². The van der Waals surface area contributed by atoms with E-state index in [1.165, 1.54) is 0 Å². The number of aliphatic imine (C=N–C) groups is 1. The van der Waals surface area contributed by atoms with Gasteiger partial charge < -0.3 is 21.1 Å². The maximum absolute atomic E-state index is 10.1. The zero-order valence-electron chi connectivity index (χ0n) is 11.6. The second-order valence-corrected chi connectivity index (χ2v) is 4.93. The van der Waals surface area contributed by atoms with Crippen LogP contribution in [0.25, 0.3) is 0 Å². The smallest absolute Gasteiger partial charge is 0.193 e. The molecule has 1 aromatic rings. The van der Waals surface area contributed by atoms with E-state index < -0.39 is 5.60 Å². The van der Waals surface area contributed by atoms with Crippen LogP contribution in [-0.2, 0) is 0 Å². The number of halogens is 1. The van der Waals surface area contributed by atoms with Crippen molar-refractivity contribution in [3.63, 3.8) is 0 Å². The Hall–Kier alpha value is -0.860. The van der Waals surface area contributed by atoms with Crippen molar-refractivity contribution in [2.45, 2.75) is 12.5 Å². The summed E-state index contributed by atoms with van der Waals surface area (Å²) in [7, 11) is 3.81. The van der Waals surface area contributed by atoms with E-state index in [9.17, 15) is 5.11 Å². The molecule has 0 aliphatic carbocycles. The summed E-state index contributed by atoms with van der Waals surface area (Å²) in [6.45, 7) is 2.54. The van der Waals surface area contributed by atoms with E-state index in [4.69, 9.17) is 5.73 Å². The van der Waals surface area contributed by atoms with Crippen LogP contribution < -0.4 is 11.1 Å². The molecule has 0 radical (unpaired) electrons. The number of nitrogens with one attached hydrogen (secondary N) is 1. The van der Waals surface area contributed by atoms with Crippen LogP contribution in [0.15, 0.2) is 35.3 Å². The highest BCUT2D eigenvalue weighted by atomic mass is 127. The summed E-state index contributed by atoms with van der Waals surface area (Å²) < 4.78 is 0. The zero-order valence-corrected chi connectivity index (χ0v) is 14.0. The van der Waals surface area contributed by atoms with Crippen LogP contribution >= 0.6 is 24.0 Å². The second-order valence-electron chi connectivity index (χ2n) is 4.93. The lowest BCUT2D eigenvalue weighted by molar-refractivity contribution is 0.0425. The van der Waals surface area contributed by atoms with Gasteiger partial charge in [0.25, 0.3) is 0 Å². The maximum Gasteiger partial charge on any atom is 0.193 e. The fourth-order valence-electron chi connectivity index (χ4n) is 1.70. The average Bonchev–Trinajstić information content (AvgIpc) is 2.26. The molecule has 1 aromatic carbocycles. The van der Waals surface area contributed by atoms with E-state index in [-0.39, 0.29) is 30.5 Å². The summed E-state index contributed by atoms with van der Waals surface area (Å²) >= 11 is 0. The van der Waals surface area contributed by atoms with E-state index in [1.54, 1.807) is 6.92 Å². The number of rotatable bonds is 5. The number of hydrogen-bond acceptors (Lipinski definition) is 3. The predicted octanol–water partition coefficient (Wildman–Crippen LogP) is 1.34. The van der Waals surface area contributed by atoms with Crippen molar-refractivity contribution in [2.75, 3.05) is 32.5 Å². The molecule has 4 N–H and O–H groups in total. The molecule has 19 heavy (non-hydrogen) atoms. The van der Waals surface area contributed by atoms with Crippen LogP contribution in [0, 0.1) is 0 Å². The number of nitrogens with two attached hydrogens (primary N) is 1. The van der Waals surface area contributed by atoms with Gasteiger partial charge in [-0.15, -0.1) is 24.0 Å². The van der Waals surface area contributed by atoms with Gasteiger partial charge in [0.2, 0.25) is 0 Å². The molecule has 0 saturated heterocycles. The lowest BCUT2D eigenvalue weighted by Gasteiger charge is -2.25. The van der Waals surface area contributed by atoms with Gasteiger partial charge in [0, 0.05) is 12.2 Å². The summed E-state index contributed by atoms with van der Waals surface area (Å²) in [5.41, 5.74) is 5.76. The molecule has 0 bridgehead atoms. The summed E-state index contributed by atoms with van der Waals surface area (Å²) in [5, 5.41) is 13.0. The second kappa shape index (κ2) is 8.34. The van der Waals surface area contributed by atoms with Crippen LogP contribution in [-0.4, -0.2) is 48.8 Å². The quantitative estimate of drug-likeness (QED) is 0.411. The third-order valence-electron chi connectivity index (χ3n) is 2.29. The number of hydrogen-bond donors (Lipinski definition) is 3. The highest BCUT2D eigenvalue weighted by molar-refractivity contribution is 14.0. The Morgan fingerprint density at radius 2 is 1.95 bits per heavy atom. The minimum Gasteiger partial charge on any atom is -0.387 e. The lowest BCUT2D eigenvalue weighted by atomic mass is 10.1. The number of para-hydroxylation sites is 1. The molecule has 0 amide bonds. The highest BCUT2D eigenvalue weighted by Gasteiger charge is 2.20. The van der Waals surface area contributed by atoms with Crippen LogP contribution in [0.3, 0.4) is 0 Å². The molecule has 1 rings (SSSR count). The van der Waals surface area contributed by atoms with E-state index in [1.807, 2.05) is 49.3 Å². The molecule has 108 valence electrons. The molecule has 0 heterocycles. The van der Waals surface area contributed by atoms with Gasteiger partial charge in [-0.1, -0.05) is 18.2 Å². The van der Waals surface area contributed by atoms with E-state index in [0.717, 1.165) is 5.69 Å². The Bertz CT molecular complexity index is 393. The first-order valence-corrected chi connectivity index (χ1v) is 5.88. The number of guanidine groups is 1. The topological polar surface area (TPSA) is 73.9 Å². The monoisotopic (exact) mass is 378 g/mol. The summed E-state index contributed by atoms with van der Waals surface area (Å²) in [5.74, 6) is 0.306. The van der Waals surface area contributed by atoms with Gasteiger partial charge in [0.05, 0.1) is 12.1 Å². The number of anilines is 1. The van der Waals surface area contributed by atoms with Gasteiger partial charge >= 0.3 is 0 Å². The van der Waals surface area contributed by atoms with Gasteiger partial charge in [-0.05, 0) is 33.2 Å². The fraction of sp³-hybridized carbons (Fsp3) is 0.462. The molecule has 5 nitrogen and oxygen atoms in total. The van der Waals surface area contributed by atoms with Crippen molar-refractivity contribution in [2.24, 2.45) is 10.7 Å². The summed E-state index contributed by atoms with van der Waals surface area (Å²) in [6, 6.07) is 9.57. The van der Waals surface area contributed by atoms with Crippen LogP contribution in [0.2, 0.25) is 0 Å². The van der Waals surface area contributed by atoms with Crippen molar-refractivity contribution in [1.82, 2.24) is 4.90 Å². The molecule has 0 aliphatic rings. The molecule has 1 unspecified atom stereocenters. The molecule has 1 atom stereocenters. The minimum atomic E-state index is -0.882. The van der Waals surface area contributed by atoms with Gasteiger partial charge in [-0.3, -0.25) is 4.99 Å². The van der Waals surface area contributed by atoms with E-state index in [2.05, 4.69) is 10.3 Å². The van der Waals surface area contributed by atoms with Crippen LogP contribution in [0.5, 0.6) is 0 Å². The van der Waals surface area contributed by atoms with E-state index >= 15 is 0 Å². The van der Waals surface area contributed by atoms with Gasteiger partial charge in [-0.25, -0.2) is 0 Å². The first-order chi connectivity index (χ1) is 8.39. The van der Waals surface area contributed by atoms with Crippen molar-refractivity contribution in [3.8, 4) is 0 Å². The standard InChI is InChI=1S/C13H22N4O.HI/c1-13(18,10-17(2)3)9-15-12(14)16-11-7-5-4-6-8-11;/h4-8,18H,9-10H2,1-3H3,(H3,14,15,16);1H. The number of nitrogens with zero attached hydrogens (tertiary/aromatic N) is 2. The predicted molar refractivity (Wildman–Crippen MR) is 91.1 cm³/mol. The van der Waals surface area contributed by atoms with Crippen molar-refractivity contribution < 1.29 is 5.11 Å². The van der Waals surface area contributed by atoms with Gasteiger partial charge in [0.15, 0.2) is 5.96 Å². The zero-order chi connectivity index (χ0) is 13.6. The molecule has 0 aliphatic heterocycles. The largest absolute Gasteiger partial charge is 0.387 e. The van der Waals surface area contributed by atoms with Gasteiger partial charge in [0.1, 0.15) is 0 Å². The Kier molecular flexibility index (Phi) is 7.96. The highest BCUT2D eigenvalue weighted by Crippen LogP contribution is 2.06. The Morgan fingerprint density at radius 1 is 1.37 bits per heavy atom. The Balaban J connectivity index is 0.00000324. The lowest BCUT2D eigenvalue weighted by Crippen LogP contribution is -2.40. The Morgan fingerprint density at radius 3 is 2.47 bits per heavy atom. The number of likely N-dealkylation sites (N-methyl/N-ethyl adjacent to an activating group) is 1. The van der Waals surface area contributed by atoms with Crippen molar-refractivity contribution in [3.05, 3.63) is 30.3 Å². The molecular formula is C13H23IN4O. The Labute approximate surface area is 131 Å². The third kappa shape index (κ3) is 8.02. The molecule has 0 aromatic heterocycles. The first-order valence-electron chi connectivity index (χ1n) is 5.88. The molecular weight excluding hydrogens is 355 g/mol. The molecule has 0 fully saturated rings. The van der Waals surface area contributed by atoms with Crippen LogP contribution in [0.4, 0.5) is 5.69 Å². The summed E-state index contributed by atoms with van der Waals surface area (Å²) in [4.78, 5) is 6.06. The van der Waals surface area contributed by atoms with Gasteiger partial charge in [-0.2, -0.15) is 0 Å². The summed E-state index contributed by atoms with van der Waals surface area (Å²) in [6.07, 6.45) is 0. The van der Waals surface area contributed by atoms with Crippen molar-refractivity contribution in [1.29, 1.82) is 0 Å². The van der Waals surface area contributed by atoms with E-state index in [0.29, 0.717) is 12.5 Å². The molecule has 0 spiro atoms.